The van der Waals surface area contributed by atoms with E-state index in [1.165, 1.54) is 40.6 Å². The summed E-state index contributed by atoms with van der Waals surface area (Å²) >= 11 is 3.62. The fourth-order valence-corrected chi connectivity index (χ4v) is 6.64. The van der Waals surface area contributed by atoms with Crippen molar-refractivity contribution in [1.29, 1.82) is 0 Å². The van der Waals surface area contributed by atoms with Crippen molar-refractivity contribution < 1.29 is 42.9 Å². The van der Waals surface area contributed by atoms with E-state index < -0.39 is 29.7 Å². The van der Waals surface area contributed by atoms with Crippen LogP contribution < -0.4 is 0 Å². The van der Waals surface area contributed by atoms with Crippen LogP contribution in [0.5, 0.6) is 0 Å². The number of rotatable bonds is 6. The molecule has 0 spiro atoms. The number of carbonyl (C=O) groups excluding carboxylic acids is 5. The topological polar surface area (TPSA) is 122 Å². The van der Waals surface area contributed by atoms with Crippen LogP contribution in [0.15, 0.2) is 40.2 Å². The van der Waals surface area contributed by atoms with Gasteiger partial charge in [-0.1, -0.05) is 47.0 Å². The molecule has 0 radical (unpaired) electrons. The first-order chi connectivity index (χ1) is 14.2. The van der Waals surface area contributed by atoms with Crippen molar-refractivity contribution in [2.45, 2.75) is 0 Å². The summed E-state index contributed by atoms with van der Waals surface area (Å²) in [5.74, 6) is -3.37. The van der Waals surface area contributed by atoms with Gasteiger partial charge in [-0.15, -0.1) is 0 Å². The van der Waals surface area contributed by atoms with Crippen molar-refractivity contribution in [2.75, 3.05) is 28.4 Å². The SMILES string of the molecule is COC(=O)C1=C(C(=O)OC)SC(=CC(=O)C=C2SC(C(=O)OC)=C(C(=O)OC)S2)S1. The molecule has 13 heteroatoms. The normalized spacial score (nSPS) is 15.7. The average Bonchev–Trinajstić information content (AvgIpc) is 3.35. The van der Waals surface area contributed by atoms with E-state index in [2.05, 4.69) is 18.9 Å². The Morgan fingerprint density at radius 2 is 0.767 bits per heavy atom. The Morgan fingerprint density at radius 3 is 0.967 bits per heavy atom. The zero-order chi connectivity index (χ0) is 22.4. The summed E-state index contributed by atoms with van der Waals surface area (Å²) in [5, 5.41) is 0. The molecular formula is C17H14O9S4. The smallest absolute Gasteiger partial charge is 0.346 e. The number of methoxy groups -OCH3 is 4. The van der Waals surface area contributed by atoms with Crippen molar-refractivity contribution in [2.24, 2.45) is 0 Å². The van der Waals surface area contributed by atoms with Gasteiger partial charge in [-0.05, 0) is 0 Å². The van der Waals surface area contributed by atoms with E-state index in [4.69, 9.17) is 0 Å². The highest BCUT2D eigenvalue weighted by Gasteiger charge is 2.34. The lowest BCUT2D eigenvalue weighted by Gasteiger charge is -2.00. The molecule has 0 bridgehead atoms. The van der Waals surface area contributed by atoms with E-state index in [0.29, 0.717) is 8.47 Å². The molecule has 0 atom stereocenters. The molecule has 160 valence electrons. The third-order valence-electron chi connectivity index (χ3n) is 3.23. The first kappa shape index (κ1) is 24.2. The Hall–Kier alpha value is -2.09. The van der Waals surface area contributed by atoms with E-state index in [1.807, 2.05) is 0 Å². The van der Waals surface area contributed by atoms with E-state index in [9.17, 15) is 24.0 Å². The van der Waals surface area contributed by atoms with Gasteiger partial charge in [0, 0.05) is 12.2 Å². The Labute approximate surface area is 188 Å². The summed E-state index contributed by atoms with van der Waals surface area (Å²) in [7, 11) is 4.69. The lowest BCUT2D eigenvalue weighted by molar-refractivity contribution is -0.138. The fraction of sp³-hybridized carbons (Fsp3) is 0.235. The van der Waals surface area contributed by atoms with Crippen molar-refractivity contribution in [3.8, 4) is 0 Å². The zero-order valence-corrected chi connectivity index (χ0v) is 19.2. The van der Waals surface area contributed by atoms with Gasteiger partial charge in [0.05, 0.1) is 36.9 Å². The number of ether oxygens (including phenoxy) is 4. The maximum absolute atomic E-state index is 12.4. The minimum atomic E-state index is -0.723. The monoisotopic (exact) mass is 490 g/mol. The van der Waals surface area contributed by atoms with Gasteiger partial charge in [0.15, 0.2) is 5.78 Å². The molecule has 0 fully saturated rings. The predicted molar refractivity (Wildman–Crippen MR) is 114 cm³/mol. The average molecular weight is 491 g/mol. The molecule has 2 aliphatic rings. The van der Waals surface area contributed by atoms with Crippen molar-refractivity contribution in [3.63, 3.8) is 0 Å². The number of hydrogen-bond donors (Lipinski definition) is 0. The lowest BCUT2D eigenvalue weighted by Crippen LogP contribution is -2.08. The quantitative estimate of drug-likeness (QED) is 0.308. The number of allylic oxidation sites excluding steroid dienone is 2. The highest BCUT2D eigenvalue weighted by Crippen LogP contribution is 2.51. The number of hydrogen-bond acceptors (Lipinski definition) is 13. The zero-order valence-electron chi connectivity index (χ0n) is 16.0. The third-order valence-corrected chi connectivity index (χ3v) is 8.06. The van der Waals surface area contributed by atoms with Crippen molar-refractivity contribution in [3.05, 3.63) is 40.2 Å². The third kappa shape index (κ3) is 5.53. The molecule has 0 saturated heterocycles. The van der Waals surface area contributed by atoms with Crippen molar-refractivity contribution >= 4 is 76.7 Å². The highest BCUT2D eigenvalue weighted by molar-refractivity contribution is 8.29. The molecule has 0 aromatic heterocycles. The number of ketones is 1. The number of carbonyl (C=O) groups is 5. The molecule has 2 heterocycles. The molecule has 0 N–H and O–H groups in total. The Balaban J connectivity index is 2.19. The van der Waals surface area contributed by atoms with Gasteiger partial charge in [-0.25, -0.2) is 19.2 Å². The van der Waals surface area contributed by atoms with Crippen LogP contribution in [0.25, 0.3) is 0 Å². The van der Waals surface area contributed by atoms with E-state index in [-0.39, 0.29) is 19.6 Å². The Kier molecular flexibility index (Phi) is 8.70. The second-order valence-corrected chi connectivity index (χ2v) is 9.75. The van der Waals surface area contributed by atoms with E-state index >= 15 is 0 Å². The van der Waals surface area contributed by atoms with Crippen LogP contribution in [0.2, 0.25) is 0 Å². The molecule has 0 unspecified atom stereocenters. The lowest BCUT2D eigenvalue weighted by atomic mass is 10.4. The second kappa shape index (κ2) is 10.8. The largest absolute Gasteiger partial charge is 0.465 e. The van der Waals surface area contributed by atoms with E-state index in [1.54, 1.807) is 0 Å². The summed E-state index contributed by atoms with van der Waals surface area (Å²) in [6.45, 7) is 0. The molecule has 0 saturated carbocycles. The standard InChI is InChI=1S/C17H14O9S4/c1-23-14(19)10-11(15(20)24-2)28-8(27-10)5-7(18)6-9-29-12(16(21)25-3)13(30-9)17(22)26-4/h5-6H,1-4H3. The van der Waals surface area contributed by atoms with Crippen LogP contribution in [-0.2, 0) is 42.9 Å². The molecule has 2 rings (SSSR count). The van der Waals surface area contributed by atoms with Gasteiger partial charge in [0.25, 0.3) is 0 Å². The maximum Gasteiger partial charge on any atom is 0.346 e. The summed E-state index contributed by atoms with van der Waals surface area (Å²) in [5.41, 5.74) is 0. The molecule has 0 amide bonds. The molecule has 0 aromatic rings. The molecule has 0 aliphatic carbocycles. The minimum absolute atomic E-state index is 0.0216. The van der Waals surface area contributed by atoms with Gasteiger partial charge in [0.1, 0.15) is 19.6 Å². The van der Waals surface area contributed by atoms with Gasteiger partial charge in [0.2, 0.25) is 0 Å². The van der Waals surface area contributed by atoms with Gasteiger partial charge < -0.3 is 18.9 Å². The summed E-state index contributed by atoms with van der Waals surface area (Å²) < 4.78 is 19.3. The second-order valence-electron chi connectivity index (χ2n) is 5.02. The maximum atomic E-state index is 12.4. The minimum Gasteiger partial charge on any atom is -0.465 e. The fourth-order valence-electron chi connectivity index (χ4n) is 1.93. The van der Waals surface area contributed by atoms with E-state index in [0.717, 1.165) is 47.0 Å². The van der Waals surface area contributed by atoms with Gasteiger partial charge >= 0.3 is 23.9 Å². The number of esters is 4. The van der Waals surface area contributed by atoms with Crippen LogP contribution in [0.4, 0.5) is 0 Å². The Morgan fingerprint density at radius 1 is 0.533 bits per heavy atom. The first-order valence-electron chi connectivity index (χ1n) is 7.76. The van der Waals surface area contributed by atoms with Gasteiger partial charge in [-0.3, -0.25) is 4.79 Å². The molecular weight excluding hydrogens is 476 g/mol. The summed E-state index contributed by atoms with van der Waals surface area (Å²) in [6, 6.07) is 0. The molecule has 30 heavy (non-hydrogen) atoms. The summed E-state index contributed by atoms with van der Waals surface area (Å²) in [6.07, 6.45) is 2.44. The molecule has 0 aromatic carbocycles. The molecule has 2 aliphatic heterocycles. The van der Waals surface area contributed by atoms with Crippen LogP contribution in [0, 0.1) is 0 Å². The number of thioether (sulfide) groups is 4. The summed E-state index contributed by atoms with van der Waals surface area (Å²) in [4.78, 5) is 60.0. The first-order valence-corrected chi connectivity index (χ1v) is 11.0. The van der Waals surface area contributed by atoms with Crippen molar-refractivity contribution in [1.82, 2.24) is 0 Å². The van der Waals surface area contributed by atoms with Crippen LogP contribution in [0.1, 0.15) is 0 Å². The van der Waals surface area contributed by atoms with Crippen LogP contribution in [0.3, 0.4) is 0 Å². The van der Waals surface area contributed by atoms with Crippen LogP contribution >= 0.6 is 47.0 Å². The molecule has 9 nitrogen and oxygen atoms in total. The predicted octanol–water partition coefficient (Wildman–Crippen LogP) is 2.31. The van der Waals surface area contributed by atoms with Gasteiger partial charge in [-0.2, -0.15) is 0 Å². The van der Waals surface area contributed by atoms with Crippen LogP contribution in [-0.4, -0.2) is 58.1 Å². The highest BCUT2D eigenvalue weighted by atomic mass is 32.2. The Bertz CT molecular complexity index is 809.